The normalized spacial score (nSPS) is 36.0. The lowest BCUT2D eigenvalue weighted by atomic mass is 9.96. The van der Waals surface area contributed by atoms with E-state index in [9.17, 15) is 0 Å². The largest absolute Gasteiger partial charge is 0.0851 e. The first-order valence-electron chi connectivity index (χ1n) is 5.80. The highest BCUT2D eigenvalue weighted by Gasteiger charge is 2.10. The fourth-order valence-electron chi connectivity index (χ4n) is 2.52. The van der Waals surface area contributed by atoms with Crippen molar-refractivity contribution in [1.29, 1.82) is 0 Å². The van der Waals surface area contributed by atoms with Gasteiger partial charge in [-0.1, -0.05) is 30.2 Å². The summed E-state index contributed by atoms with van der Waals surface area (Å²) in [6.07, 6.45) is 18.4. The molecule has 0 radical (unpaired) electrons. The molecule has 13 heavy (non-hydrogen) atoms. The smallest absolute Gasteiger partial charge is 0.0166 e. The summed E-state index contributed by atoms with van der Waals surface area (Å²) in [7, 11) is 0. The number of fused-ring (bicyclic) bond motifs is 4. The van der Waals surface area contributed by atoms with Crippen LogP contribution >= 0.6 is 0 Å². The second-order valence-corrected chi connectivity index (χ2v) is 4.42. The van der Waals surface area contributed by atoms with Gasteiger partial charge in [-0.25, -0.2) is 0 Å². The lowest BCUT2D eigenvalue weighted by molar-refractivity contribution is 0.511. The van der Waals surface area contributed by atoms with E-state index in [0.29, 0.717) is 0 Å². The van der Waals surface area contributed by atoms with Crippen LogP contribution in [0.4, 0.5) is 0 Å². The average molecular weight is 176 g/mol. The van der Waals surface area contributed by atoms with Crippen LogP contribution in [0.2, 0.25) is 0 Å². The van der Waals surface area contributed by atoms with Crippen molar-refractivity contribution in [3.05, 3.63) is 23.8 Å². The highest BCUT2D eigenvalue weighted by atomic mass is 14.2. The maximum absolute atomic E-state index is 2.46. The van der Waals surface area contributed by atoms with Gasteiger partial charge in [0.1, 0.15) is 0 Å². The minimum absolute atomic E-state index is 0.894. The summed E-state index contributed by atoms with van der Waals surface area (Å²) in [5.74, 6) is 0.894. The topological polar surface area (TPSA) is 0 Å². The third kappa shape index (κ3) is 2.72. The third-order valence-corrected chi connectivity index (χ3v) is 3.35. The van der Waals surface area contributed by atoms with Gasteiger partial charge in [-0.3, -0.25) is 0 Å². The molecule has 0 amide bonds. The molecule has 1 atom stereocenters. The molecule has 0 spiro atoms. The van der Waals surface area contributed by atoms with E-state index in [-0.39, 0.29) is 0 Å². The maximum Gasteiger partial charge on any atom is -0.0166 e. The summed E-state index contributed by atoms with van der Waals surface area (Å²) in [4.78, 5) is 0. The molecule has 2 aliphatic carbocycles. The van der Waals surface area contributed by atoms with Crippen molar-refractivity contribution in [3.8, 4) is 0 Å². The van der Waals surface area contributed by atoms with E-state index in [1.165, 1.54) is 51.4 Å². The Balaban J connectivity index is 2.12. The molecule has 0 aromatic rings. The van der Waals surface area contributed by atoms with Crippen LogP contribution < -0.4 is 0 Å². The van der Waals surface area contributed by atoms with Crippen LogP contribution in [0.3, 0.4) is 0 Å². The molecule has 0 N–H and O–H groups in total. The van der Waals surface area contributed by atoms with E-state index < -0.39 is 0 Å². The molecule has 1 fully saturated rings. The molecule has 0 heterocycles. The summed E-state index contributed by atoms with van der Waals surface area (Å²) >= 11 is 0. The Morgan fingerprint density at radius 3 is 2.85 bits per heavy atom. The summed E-state index contributed by atoms with van der Waals surface area (Å²) in [6.45, 7) is 0. The van der Waals surface area contributed by atoms with Gasteiger partial charge in [0.25, 0.3) is 0 Å². The molecule has 2 rings (SSSR count). The molecule has 0 heteroatoms. The van der Waals surface area contributed by atoms with Crippen molar-refractivity contribution in [3.63, 3.8) is 0 Å². The van der Waals surface area contributed by atoms with E-state index in [2.05, 4.69) is 18.2 Å². The molecular formula is C13H20. The first-order valence-corrected chi connectivity index (χ1v) is 5.80. The summed E-state index contributed by atoms with van der Waals surface area (Å²) in [5.41, 5.74) is 1.73. The molecule has 0 aliphatic heterocycles. The van der Waals surface area contributed by atoms with Gasteiger partial charge >= 0.3 is 0 Å². The minimum Gasteiger partial charge on any atom is -0.0851 e. The Kier molecular flexibility index (Phi) is 3.23. The second-order valence-electron chi connectivity index (χ2n) is 4.42. The van der Waals surface area contributed by atoms with E-state index in [1.54, 1.807) is 5.57 Å². The second kappa shape index (κ2) is 4.64. The Morgan fingerprint density at radius 1 is 1.00 bits per heavy atom. The van der Waals surface area contributed by atoms with Gasteiger partial charge in [-0.05, 0) is 50.9 Å². The Morgan fingerprint density at radius 2 is 1.85 bits per heavy atom. The predicted molar refractivity (Wildman–Crippen MR) is 57.6 cm³/mol. The molecule has 1 saturated carbocycles. The van der Waals surface area contributed by atoms with Gasteiger partial charge in [0.15, 0.2) is 0 Å². The van der Waals surface area contributed by atoms with Crippen LogP contribution in [-0.4, -0.2) is 0 Å². The summed E-state index contributed by atoms with van der Waals surface area (Å²) < 4.78 is 0. The first-order chi connectivity index (χ1) is 6.45. The van der Waals surface area contributed by atoms with Crippen LogP contribution in [0.15, 0.2) is 23.8 Å². The van der Waals surface area contributed by atoms with E-state index in [4.69, 9.17) is 0 Å². The van der Waals surface area contributed by atoms with Crippen LogP contribution in [0.1, 0.15) is 51.4 Å². The number of rotatable bonds is 0. The summed E-state index contributed by atoms with van der Waals surface area (Å²) in [6, 6.07) is 0. The summed E-state index contributed by atoms with van der Waals surface area (Å²) in [5, 5.41) is 0. The first kappa shape index (κ1) is 9.05. The average Bonchev–Trinajstić information content (AvgIpc) is 2.33. The number of hydrogen-bond acceptors (Lipinski definition) is 0. The molecule has 0 aromatic carbocycles. The molecular weight excluding hydrogens is 156 g/mol. The molecule has 2 aliphatic rings. The van der Waals surface area contributed by atoms with Crippen LogP contribution in [-0.2, 0) is 0 Å². The van der Waals surface area contributed by atoms with Gasteiger partial charge in [0.05, 0.1) is 0 Å². The van der Waals surface area contributed by atoms with Crippen LogP contribution in [0.25, 0.3) is 0 Å². The quantitative estimate of drug-likeness (QED) is 0.484. The number of allylic oxidation sites excluding steroid dienone is 4. The molecule has 2 bridgehead atoms. The third-order valence-electron chi connectivity index (χ3n) is 3.35. The number of hydrogen-bond donors (Lipinski definition) is 0. The maximum atomic E-state index is 2.46. The van der Waals surface area contributed by atoms with E-state index >= 15 is 0 Å². The Hall–Kier alpha value is -0.520. The van der Waals surface area contributed by atoms with Crippen molar-refractivity contribution >= 4 is 0 Å². The van der Waals surface area contributed by atoms with Crippen molar-refractivity contribution in [2.75, 3.05) is 0 Å². The van der Waals surface area contributed by atoms with Gasteiger partial charge in [-0.15, -0.1) is 0 Å². The lowest BCUT2D eigenvalue weighted by Crippen LogP contribution is -1.95. The molecule has 0 nitrogen and oxygen atoms in total. The SMILES string of the molecule is C1=C\C2CCCC/C(=C/C/1)CCC2. The van der Waals surface area contributed by atoms with Gasteiger partial charge in [-0.2, -0.15) is 0 Å². The lowest BCUT2D eigenvalue weighted by Gasteiger charge is -2.09. The highest BCUT2D eigenvalue weighted by molar-refractivity contribution is 5.08. The minimum atomic E-state index is 0.894. The Bertz CT molecular complexity index is 206. The van der Waals surface area contributed by atoms with Crippen molar-refractivity contribution in [2.45, 2.75) is 51.4 Å². The van der Waals surface area contributed by atoms with Crippen molar-refractivity contribution in [1.82, 2.24) is 0 Å². The molecule has 0 aromatic heterocycles. The Labute approximate surface area is 81.7 Å². The van der Waals surface area contributed by atoms with E-state index in [0.717, 1.165) is 5.92 Å². The van der Waals surface area contributed by atoms with Gasteiger partial charge in [0.2, 0.25) is 0 Å². The fraction of sp³-hybridized carbons (Fsp3) is 0.692. The van der Waals surface area contributed by atoms with Gasteiger partial charge < -0.3 is 0 Å². The standard InChI is InChI=1S/C13H20/c1-2-7-13-9-4-3-8-12(6-1)10-5-11-13/h1,6-7,12H,2-5,8-11H2/b6-1-,13-7-. The monoisotopic (exact) mass is 176 g/mol. The van der Waals surface area contributed by atoms with Crippen molar-refractivity contribution in [2.24, 2.45) is 5.92 Å². The zero-order valence-corrected chi connectivity index (χ0v) is 8.47. The van der Waals surface area contributed by atoms with Crippen LogP contribution in [0.5, 0.6) is 0 Å². The zero-order valence-electron chi connectivity index (χ0n) is 8.47. The highest BCUT2D eigenvalue weighted by Crippen LogP contribution is 2.27. The van der Waals surface area contributed by atoms with E-state index in [1.807, 2.05) is 0 Å². The predicted octanol–water partition coefficient (Wildman–Crippen LogP) is 4.23. The van der Waals surface area contributed by atoms with Crippen LogP contribution in [0, 0.1) is 5.92 Å². The fourth-order valence-corrected chi connectivity index (χ4v) is 2.52. The zero-order chi connectivity index (χ0) is 8.93. The molecule has 0 saturated heterocycles. The molecule has 72 valence electrons. The molecule has 1 unspecified atom stereocenters. The van der Waals surface area contributed by atoms with Crippen molar-refractivity contribution < 1.29 is 0 Å². The van der Waals surface area contributed by atoms with Gasteiger partial charge in [0, 0.05) is 0 Å².